The molecule has 1 saturated carbocycles. The van der Waals surface area contributed by atoms with Crippen LogP contribution in [0.5, 0.6) is 0 Å². The third kappa shape index (κ3) is 2.62. The first-order valence-corrected chi connectivity index (χ1v) is 8.56. The van der Waals surface area contributed by atoms with E-state index in [2.05, 4.69) is 21.8 Å². The molecule has 114 valence electrons. The van der Waals surface area contributed by atoms with Crippen LogP contribution in [-0.2, 0) is 10.0 Å². The molecule has 1 fully saturated rings. The van der Waals surface area contributed by atoms with Crippen LogP contribution in [0.1, 0.15) is 44.0 Å². The number of nitrogens with zero attached hydrogens (tertiary/aromatic N) is 1. The molecular weight excluding hydrogens is 276 g/mol. The van der Waals surface area contributed by atoms with Gasteiger partial charge in [-0.05, 0) is 32.6 Å². The summed E-state index contributed by atoms with van der Waals surface area (Å²) in [5.41, 5.74) is 6.43. The molecule has 0 aromatic carbocycles. The van der Waals surface area contributed by atoms with Crippen molar-refractivity contribution in [1.29, 1.82) is 0 Å². The number of sulfonamides is 1. The van der Waals surface area contributed by atoms with Gasteiger partial charge in [-0.25, -0.2) is 13.1 Å². The molecule has 2 atom stereocenters. The normalized spacial score (nSPS) is 27.7. The highest BCUT2D eigenvalue weighted by atomic mass is 32.2. The molecule has 1 aromatic rings. The highest BCUT2D eigenvalue weighted by Gasteiger charge is 2.41. The molecule has 2 rings (SSSR count). The predicted octanol–water partition coefficient (Wildman–Crippen LogP) is 1.21. The van der Waals surface area contributed by atoms with Gasteiger partial charge in [0.25, 0.3) is 0 Å². The number of H-pyrrole nitrogens is 1. The monoisotopic (exact) mass is 300 g/mol. The number of rotatable bonds is 4. The molecule has 1 aliphatic carbocycles. The van der Waals surface area contributed by atoms with Crippen LogP contribution < -0.4 is 10.5 Å². The maximum absolute atomic E-state index is 12.7. The quantitative estimate of drug-likeness (QED) is 0.778. The molecule has 4 N–H and O–H groups in total. The van der Waals surface area contributed by atoms with Crippen LogP contribution in [0.3, 0.4) is 0 Å². The van der Waals surface area contributed by atoms with Crippen molar-refractivity contribution in [2.75, 3.05) is 6.54 Å². The fourth-order valence-electron chi connectivity index (χ4n) is 3.17. The zero-order chi connectivity index (χ0) is 15.0. The summed E-state index contributed by atoms with van der Waals surface area (Å²) < 4.78 is 28.3. The van der Waals surface area contributed by atoms with Crippen molar-refractivity contribution in [1.82, 2.24) is 14.9 Å². The fraction of sp³-hybridized carbons (Fsp3) is 0.769. The van der Waals surface area contributed by atoms with Crippen LogP contribution in [0.25, 0.3) is 0 Å². The molecule has 6 nitrogen and oxygen atoms in total. The summed E-state index contributed by atoms with van der Waals surface area (Å²) in [6.45, 7) is 5.80. The maximum Gasteiger partial charge on any atom is 0.244 e. The second-order valence-electron chi connectivity index (χ2n) is 5.88. The Morgan fingerprint density at radius 1 is 1.45 bits per heavy atom. The first-order chi connectivity index (χ1) is 9.32. The van der Waals surface area contributed by atoms with Gasteiger partial charge in [-0.15, -0.1) is 0 Å². The Balaban J connectivity index is 2.36. The van der Waals surface area contributed by atoms with E-state index in [1.807, 2.05) is 0 Å². The third-order valence-corrected chi connectivity index (χ3v) is 6.30. The fourth-order valence-corrected chi connectivity index (χ4v) is 5.07. The maximum atomic E-state index is 12.7. The Morgan fingerprint density at radius 2 is 2.15 bits per heavy atom. The zero-order valence-corrected chi connectivity index (χ0v) is 13.2. The lowest BCUT2D eigenvalue weighted by atomic mass is 9.74. The minimum atomic E-state index is -3.61. The topological polar surface area (TPSA) is 101 Å². The van der Waals surface area contributed by atoms with E-state index < -0.39 is 15.6 Å². The number of aromatic amines is 1. The van der Waals surface area contributed by atoms with Crippen LogP contribution in [-0.4, -0.2) is 30.7 Å². The van der Waals surface area contributed by atoms with Gasteiger partial charge in [-0.2, -0.15) is 5.10 Å². The van der Waals surface area contributed by atoms with E-state index in [0.717, 1.165) is 25.7 Å². The van der Waals surface area contributed by atoms with Crippen molar-refractivity contribution in [3.8, 4) is 0 Å². The standard InChI is InChI=1S/C13H24N4O2S/c1-9-6-4-5-7-13(9,8-14)17-20(18,19)12-10(2)15-16-11(12)3/h9,17H,4-8,14H2,1-3H3,(H,15,16). The number of nitrogens with one attached hydrogen (secondary N) is 2. The summed E-state index contributed by atoms with van der Waals surface area (Å²) in [4.78, 5) is 0.253. The van der Waals surface area contributed by atoms with Crippen molar-refractivity contribution < 1.29 is 8.42 Å². The molecule has 0 aliphatic heterocycles. The van der Waals surface area contributed by atoms with Gasteiger partial charge in [0.1, 0.15) is 4.90 Å². The van der Waals surface area contributed by atoms with E-state index in [4.69, 9.17) is 5.73 Å². The number of aryl methyl sites for hydroxylation is 2. The molecule has 0 radical (unpaired) electrons. The summed E-state index contributed by atoms with van der Waals surface area (Å²) in [5, 5.41) is 6.69. The number of nitrogens with two attached hydrogens (primary N) is 1. The number of aromatic nitrogens is 2. The first-order valence-electron chi connectivity index (χ1n) is 7.08. The van der Waals surface area contributed by atoms with Gasteiger partial charge in [-0.3, -0.25) is 5.10 Å². The lowest BCUT2D eigenvalue weighted by Crippen LogP contribution is -2.59. The Hall–Kier alpha value is -0.920. The van der Waals surface area contributed by atoms with Crippen molar-refractivity contribution >= 4 is 10.0 Å². The number of hydrogen-bond donors (Lipinski definition) is 3. The van der Waals surface area contributed by atoms with E-state index in [9.17, 15) is 8.42 Å². The van der Waals surface area contributed by atoms with Gasteiger partial charge in [0.2, 0.25) is 10.0 Å². The van der Waals surface area contributed by atoms with Gasteiger partial charge in [0.05, 0.1) is 11.4 Å². The van der Waals surface area contributed by atoms with Crippen LogP contribution in [0.15, 0.2) is 4.90 Å². The Bertz CT molecular complexity index is 562. The van der Waals surface area contributed by atoms with Crippen LogP contribution >= 0.6 is 0 Å². The lowest BCUT2D eigenvalue weighted by Gasteiger charge is -2.42. The van der Waals surface area contributed by atoms with E-state index >= 15 is 0 Å². The predicted molar refractivity (Wildman–Crippen MR) is 77.8 cm³/mol. The van der Waals surface area contributed by atoms with E-state index in [0.29, 0.717) is 17.9 Å². The lowest BCUT2D eigenvalue weighted by molar-refractivity contribution is 0.191. The molecule has 0 amide bonds. The molecule has 0 spiro atoms. The third-order valence-electron chi connectivity index (χ3n) is 4.48. The average molecular weight is 300 g/mol. The summed E-state index contributed by atoms with van der Waals surface area (Å²) in [5.74, 6) is 0.239. The molecule has 0 bridgehead atoms. The van der Waals surface area contributed by atoms with Crippen molar-refractivity contribution in [2.24, 2.45) is 11.7 Å². The van der Waals surface area contributed by atoms with E-state index in [1.165, 1.54) is 0 Å². The van der Waals surface area contributed by atoms with Crippen LogP contribution in [0.2, 0.25) is 0 Å². The molecule has 2 unspecified atom stereocenters. The SMILES string of the molecule is Cc1n[nH]c(C)c1S(=O)(=O)NC1(CN)CCCCC1C. The van der Waals surface area contributed by atoms with Crippen molar-refractivity contribution in [3.63, 3.8) is 0 Å². The second kappa shape index (κ2) is 5.46. The minimum absolute atomic E-state index is 0.239. The van der Waals surface area contributed by atoms with E-state index in [1.54, 1.807) is 13.8 Å². The summed E-state index contributed by atoms with van der Waals surface area (Å²) >= 11 is 0. The molecule has 7 heteroatoms. The van der Waals surface area contributed by atoms with Gasteiger partial charge in [0.15, 0.2) is 0 Å². The first kappa shape index (κ1) is 15.5. The molecule has 1 heterocycles. The van der Waals surface area contributed by atoms with E-state index in [-0.39, 0.29) is 10.8 Å². The van der Waals surface area contributed by atoms with Crippen molar-refractivity contribution in [3.05, 3.63) is 11.4 Å². The Labute approximate surface area is 120 Å². The van der Waals surface area contributed by atoms with Gasteiger partial charge in [0, 0.05) is 12.1 Å². The highest BCUT2D eigenvalue weighted by molar-refractivity contribution is 7.89. The average Bonchev–Trinajstić information content (AvgIpc) is 2.72. The highest BCUT2D eigenvalue weighted by Crippen LogP contribution is 2.34. The summed E-state index contributed by atoms with van der Waals surface area (Å²) in [6.07, 6.45) is 3.94. The molecular formula is C13H24N4O2S. The number of hydrogen-bond acceptors (Lipinski definition) is 4. The smallest absolute Gasteiger partial charge is 0.244 e. The largest absolute Gasteiger partial charge is 0.329 e. The van der Waals surface area contributed by atoms with Gasteiger partial charge >= 0.3 is 0 Å². The molecule has 0 saturated heterocycles. The summed E-state index contributed by atoms with van der Waals surface area (Å²) in [6, 6.07) is 0. The van der Waals surface area contributed by atoms with Crippen LogP contribution in [0.4, 0.5) is 0 Å². The second-order valence-corrected chi connectivity index (χ2v) is 7.49. The van der Waals surface area contributed by atoms with Gasteiger partial charge < -0.3 is 5.73 Å². The van der Waals surface area contributed by atoms with Crippen molar-refractivity contribution in [2.45, 2.75) is 56.9 Å². The van der Waals surface area contributed by atoms with Gasteiger partial charge in [-0.1, -0.05) is 19.8 Å². The van der Waals surface area contributed by atoms with Crippen LogP contribution in [0, 0.1) is 19.8 Å². The Kier molecular flexibility index (Phi) is 4.22. The Morgan fingerprint density at radius 3 is 2.65 bits per heavy atom. The molecule has 1 aromatic heterocycles. The summed E-state index contributed by atoms with van der Waals surface area (Å²) in [7, 11) is -3.61. The minimum Gasteiger partial charge on any atom is -0.329 e. The zero-order valence-electron chi connectivity index (χ0n) is 12.4. The molecule has 1 aliphatic rings. The molecule has 20 heavy (non-hydrogen) atoms.